The molecule has 0 amide bonds. The van der Waals surface area contributed by atoms with Crippen molar-refractivity contribution >= 4 is 12.4 Å². The molecule has 0 unspecified atom stereocenters. The van der Waals surface area contributed by atoms with Gasteiger partial charge in [-0.3, -0.25) is 4.79 Å². The summed E-state index contributed by atoms with van der Waals surface area (Å²) in [6.45, 7) is 3.54. The van der Waals surface area contributed by atoms with Crippen molar-refractivity contribution in [3.8, 4) is 0 Å². The minimum atomic E-state index is -4.44. The van der Waals surface area contributed by atoms with Gasteiger partial charge in [-0.1, -0.05) is 54.1 Å². The molecule has 0 radical (unpaired) electrons. The monoisotopic (exact) mass is 306 g/mol. The van der Waals surface area contributed by atoms with Gasteiger partial charge >= 0.3 is 6.18 Å². The van der Waals surface area contributed by atoms with Crippen LogP contribution in [0.2, 0.25) is 0 Å². The normalized spacial score (nSPS) is 14.0. The van der Waals surface area contributed by atoms with Gasteiger partial charge in [0, 0.05) is 0 Å². The number of aryl methyl sites for hydroxylation is 1. The molecule has 0 fully saturated rings. The van der Waals surface area contributed by atoms with Gasteiger partial charge in [0.15, 0.2) is 0 Å². The molecule has 1 aromatic carbocycles. The molecule has 22 heavy (non-hydrogen) atoms. The number of hydrogen-bond donors (Lipinski definition) is 0. The zero-order valence-electron chi connectivity index (χ0n) is 12.4. The maximum absolute atomic E-state index is 12.9. The average Bonchev–Trinajstić information content (AvgIpc) is 2.43. The second-order valence-corrected chi connectivity index (χ2v) is 4.77. The third-order valence-electron chi connectivity index (χ3n) is 2.83. The minimum Gasteiger partial charge on any atom is -0.299 e. The van der Waals surface area contributed by atoms with Crippen LogP contribution >= 0.6 is 0 Å². The Bertz CT molecular complexity index is 615. The fraction of sp³-hybridized carbons (Fsp3) is 0.167. The Kier molecular flexibility index (Phi) is 6.57. The number of benzene rings is 1. The van der Waals surface area contributed by atoms with Crippen LogP contribution in [0.3, 0.4) is 0 Å². The third kappa shape index (κ3) is 6.39. The van der Waals surface area contributed by atoms with E-state index in [-0.39, 0.29) is 0 Å². The molecule has 0 heterocycles. The Hall–Kier alpha value is -2.36. The van der Waals surface area contributed by atoms with Crippen molar-refractivity contribution in [2.45, 2.75) is 20.0 Å². The lowest BCUT2D eigenvalue weighted by atomic mass is 10.1. The number of rotatable bonds is 5. The highest BCUT2D eigenvalue weighted by Gasteiger charge is 2.31. The van der Waals surface area contributed by atoms with Crippen LogP contribution in [0.15, 0.2) is 65.8 Å². The van der Waals surface area contributed by atoms with E-state index in [1.54, 1.807) is 19.1 Å². The highest BCUT2D eigenvalue weighted by Crippen LogP contribution is 2.27. The van der Waals surface area contributed by atoms with Gasteiger partial charge in [-0.2, -0.15) is 13.2 Å². The van der Waals surface area contributed by atoms with Crippen molar-refractivity contribution in [2.24, 2.45) is 0 Å². The minimum absolute atomic E-state index is 0.579. The molecule has 0 saturated carbocycles. The number of aldehydes is 1. The van der Waals surface area contributed by atoms with E-state index in [2.05, 4.69) is 0 Å². The van der Waals surface area contributed by atoms with E-state index in [9.17, 15) is 18.0 Å². The van der Waals surface area contributed by atoms with Gasteiger partial charge in [-0.05, 0) is 37.1 Å². The Balaban J connectivity index is 2.97. The van der Waals surface area contributed by atoms with Gasteiger partial charge in [0.05, 0.1) is 5.57 Å². The van der Waals surface area contributed by atoms with Crippen molar-refractivity contribution in [3.05, 3.63) is 76.9 Å². The first-order valence-electron chi connectivity index (χ1n) is 6.65. The quantitative estimate of drug-likeness (QED) is 0.415. The summed E-state index contributed by atoms with van der Waals surface area (Å²) in [6, 6.07) is 7.19. The lowest BCUT2D eigenvalue weighted by Crippen LogP contribution is -2.09. The van der Waals surface area contributed by atoms with Gasteiger partial charge in [-0.25, -0.2) is 0 Å². The number of carbonyl (C=O) groups excluding carboxylic acids is 1. The lowest BCUT2D eigenvalue weighted by Gasteiger charge is -2.06. The van der Waals surface area contributed by atoms with E-state index in [0.717, 1.165) is 17.7 Å². The fourth-order valence-corrected chi connectivity index (χ4v) is 1.57. The number of alkyl halides is 3. The molecule has 1 nitrogen and oxygen atoms in total. The Morgan fingerprint density at radius 2 is 1.68 bits per heavy atom. The number of hydrogen-bond acceptors (Lipinski definition) is 1. The average molecular weight is 306 g/mol. The molecule has 0 aliphatic rings. The van der Waals surface area contributed by atoms with Crippen LogP contribution in [0, 0.1) is 6.92 Å². The predicted octanol–water partition coefficient (Wildman–Crippen LogP) is 5.20. The fourth-order valence-electron chi connectivity index (χ4n) is 1.57. The van der Waals surface area contributed by atoms with Gasteiger partial charge in [0.2, 0.25) is 0 Å². The topological polar surface area (TPSA) is 17.1 Å². The van der Waals surface area contributed by atoms with Crippen molar-refractivity contribution in [2.75, 3.05) is 0 Å². The van der Waals surface area contributed by atoms with E-state index in [1.807, 2.05) is 19.1 Å². The molecule has 0 aliphatic heterocycles. The summed E-state index contributed by atoms with van der Waals surface area (Å²) in [7, 11) is 0. The maximum Gasteiger partial charge on any atom is 0.416 e. The summed E-state index contributed by atoms with van der Waals surface area (Å²) in [6.07, 6.45) is 3.58. The van der Waals surface area contributed by atoms with Crippen molar-refractivity contribution < 1.29 is 18.0 Å². The number of halogens is 3. The second kappa shape index (κ2) is 8.17. The zero-order valence-corrected chi connectivity index (χ0v) is 12.4. The van der Waals surface area contributed by atoms with Crippen molar-refractivity contribution in [1.29, 1.82) is 0 Å². The Morgan fingerprint density at radius 1 is 1.05 bits per heavy atom. The second-order valence-electron chi connectivity index (χ2n) is 4.77. The van der Waals surface area contributed by atoms with E-state index in [1.165, 1.54) is 24.3 Å². The first kappa shape index (κ1) is 17.7. The van der Waals surface area contributed by atoms with Crippen molar-refractivity contribution in [1.82, 2.24) is 0 Å². The van der Waals surface area contributed by atoms with Gasteiger partial charge in [0.1, 0.15) is 6.29 Å². The lowest BCUT2D eigenvalue weighted by molar-refractivity contribution is -0.104. The van der Waals surface area contributed by atoms with Crippen molar-refractivity contribution in [3.63, 3.8) is 0 Å². The molecule has 0 saturated heterocycles. The van der Waals surface area contributed by atoms with E-state index in [0.29, 0.717) is 17.4 Å². The summed E-state index contributed by atoms with van der Waals surface area (Å²) >= 11 is 0. The molecule has 1 aromatic rings. The summed E-state index contributed by atoms with van der Waals surface area (Å²) in [5, 5.41) is 0. The highest BCUT2D eigenvalue weighted by atomic mass is 19.4. The molecule has 0 aromatic heterocycles. The largest absolute Gasteiger partial charge is 0.416 e. The molecular formula is C18H17F3O. The summed E-state index contributed by atoms with van der Waals surface area (Å²) in [5.41, 5.74) is 1.56. The number of carbonyl (C=O) groups is 1. The Labute approximate surface area is 128 Å². The Morgan fingerprint density at radius 3 is 2.23 bits per heavy atom. The first-order valence-corrected chi connectivity index (χ1v) is 6.65. The van der Waals surface area contributed by atoms with Crippen LogP contribution in [-0.4, -0.2) is 12.5 Å². The molecule has 0 aliphatic carbocycles. The van der Waals surface area contributed by atoms with Crippen LogP contribution in [0.1, 0.15) is 18.1 Å². The summed E-state index contributed by atoms with van der Waals surface area (Å²) < 4.78 is 38.8. The van der Waals surface area contributed by atoms with Gasteiger partial charge in [-0.15, -0.1) is 0 Å². The van der Waals surface area contributed by atoms with E-state index < -0.39 is 11.7 Å². The van der Waals surface area contributed by atoms with Crippen LogP contribution in [-0.2, 0) is 4.79 Å². The summed E-state index contributed by atoms with van der Waals surface area (Å²) in [5.74, 6) is 0. The SMILES string of the molecule is CC(/C=C/C=C(/C=C/c1ccc(C)cc1)C(F)(F)F)=C\C=O. The zero-order chi connectivity index (χ0) is 16.6. The van der Waals surface area contributed by atoms with Crippen LogP contribution in [0.5, 0.6) is 0 Å². The first-order chi connectivity index (χ1) is 10.3. The summed E-state index contributed by atoms with van der Waals surface area (Å²) in [4.78, 5) is 10.2. The van der Waals surface area contributed by atoms with Gasteiger partial charge < -0.3 is 0 Å². The van der Waals surface area contributed by atoms with Crippen LogP contribution in [0.4, 0.5) is 13.2 Å². The number of allylic oxidation sites excluding steroid dienone is 7. The molecule has 0 bridgehead atoms. The van der Waals surface area contributed by atoms with E-state index >= 15 is 0 Å². The molecule has 116 valence electrons. The molecule has 4 heteroatoms. The third-order valence-corrected chi connectivity index (χ3v) is 2.83. The smallest absolute Gasteiger partial charge is 0.299 e. The molecule has 1 rings (SSSR count). The van der Waals surface area contributed by atoms with Crippen LogP contribution < -0.4 is 0 Å². The molecular weight excluding hydrogens is 289 g/mol. The van der Waals surface area contributed by atoms with Gasteiger partial charge in [0.25, 0.3) is 0 Å². The standard InChI is InChI=1S/C18H17F3O/c1-14(12-13-22)4-3-5-17(18(19,20)21)11-10-16-8-6-15(2)7-9-16/h3-13H,1-2H3/b4-3+,11-10+,14-12+,17-5-. The van der Waals surface area contributed by atoms with Crippen LogP contribution in [0.25, 0.3) is 6.08 Å². The predicted molar refractivity (Wildman–Crippen MR) is 83.3 cm³/mol. The molecule has 0 N–H and O–H groups in total. The molecule has 0 spiro atoms. The molecule has 0 atom stereocenters. The van der Waals surface area contributed by atoms with E-state index in [4.69, 9.17) is 0 Å². The highest BCUT2D eigenvalue weighted by molar-refractivity contribution is 5.67. The maximum atomic E-state index is 12.9.